The maximum absolute atomic E-state index is 12.8. The van der Waals surface area contributed by atoms with Gasteiger partial charge >= 0.3 is 6.03 Å². The Morgan fingerprint density at radius 1 is 1.03 bits per heavy atom. The smallest absolute Gasteiger partial charge is 0.321 e. The van der Waals surface area contributed by atoms with E-state index in [0.29, 0.717) is 19.5 Å². The van der Waals surface area contributed by atoms with Gasteiger partial charge < -0.3 is 34.7 Å². The first-order valence-electron chi connectivity index (χ1n) is 12.6. The zero-order valence-electron chi connectivity index (χ0n) is 20.4. The van der Waals surface area contributed by atoms with Crippen molar-refractivity contribution in [3.63, 3.8) is 0 Å². The lowest BCUT2D eigenvalue weighted by Crippen LogP contribution is -3.15. The quantitative estimate of drug-likeness (QED) is 0.591. The Labute approximate surface area is 207 Å². The maximum Gasteiger partial charge on any atom is 0.321 e. The van der Waals surface area contributed by atoms with Crippen molar-refractivity contribution >= 4 is 23.4 Å². The lowest BCUT2D eigenvalue weighted by molar-refractivity contribution is -0.901. The number of nitrogens with one attached hydrogen (secondary N) is 2. The number of urea groups is 1. The van der Waals surface area contributed by atoms with Crippen molar-refractivity contribution in [1.29, 1.82) is 0 Å². The number of piperidine rings is 1. The number of para-hydroxylation sites is 3. The Bertz CT molecular complexity index is 978. The molecule has 2 heterocycles. The highest BCUT2D eigenvalue weighted by Gasteiger charge is 2.33. The molecule has 2 aliphatic heterocycles. The minimum Gasteiger partial charge on any atom is -0.550 e. The van der Waals surface area contributed by atoms with E-state index in [1.165, 1.54) is 4.90 Å². The first kappa shape index (κ1) is 24.9. The lowest BCUT2D eigenvalue weighted by atomic mass is 9.81. The van der Waals surface area contributed by atoms with Gasteiger partial charge in [-0.05, 0) is 48.9 Å². The predicted octanol–water partition coefficient (Wildman–Crippen LogP) is 1.10. The third-order valence-electron chi connectivity index (χ3n) is 7.40. The van der Waals surface area contributed by atoms with Gasteiger partial charge in [0.05, 0.1) is 45.5 Å². The van der Waals surface area contributed by atoms with E-state index in [2.05, 4.69) is 16.3 Å². The number of carbonyl (C=O) groups excluding carboxylic acids is 2. The molecule has 8 nitrogen and oxygen atoms in total. The fourth-order valence-corrected chi connectivity index (χ4v) is 5.39. The molecule has 2 aromatic carbocycles. The molecule has 2 saturated heterocycles. The summed E-state index contributed by atoms with van der Waals surface area (Å²) in [5.41, 5.74) is 1.90. The van der Waals surface area contributed by atoms with Crippen molar-refractivity contribution in [2.45, 2.75) is 19.3 Å². The van der Waals surface area contributed by atoms with Crippen molar-refractivity contribution in [3.8, 4) is 5.75 Å². The van der Waals surface area contributed by atoms with E-state index in [-0.39, 0.29) is 24.3 Å². The predicted molar refractivity (Wildman–Crippen MR) is 134 cm³/mol. The number of rotatable bonds is 8. The summed E-state index contributed by atoms with van der Waals surface area (Å²) in [6, 6.07) is 17.4. The van der Waals surface area contributed by atoms with Crippen LogP contribution in [-0.2, 0) is 4.79 Å². The molecule has 2 fully saturated rings. The summed E-state index contributed by atoms with van der Waals surface area (Å²) in [7, 11) is 1.71. The number of aliphatic carboxylic acids is 1. The number of hydrogen-bond acceptors (Lipinski definition) is 5. The van der Waals surface area contributed by atoms with Gasteiger partial charge in [0.15, 0.2) is 0 Å². The number of anilines is 2. The Morgan fingerprint density at radius 2 is 1.74 bits per heavy atom. The number of ether oxygens (including phenoxy) is 1. The largest absolute Gasteiger partial charge is 0.550 e. The summed E-state index contributed by atoms with van der Waals surface area (Å²) in [6.07, 6.45) is 1.66. The summed E-state index contributed by atoms with van der Waals surface area (Å²) < 4.78 is 5.52. The second-order valence-corrected chi connectivity index (χ2v) is 9.57. The van der Waals surface area contributed by atoms with Crippen LogP contribution in [0.5, 0.6) is 5.75 Å². The number of methoxy groups -OCH3 is 1. The molecule has 0 radical (unpaired) electrons. The number of nitrogens with zero attached hydrogens (tertiary/aromatic N) is 2. The van der Waals surface area contributed by atoms with Gasteiger partial charge in [0.2, 0.25) is 0 Å². The average Bonchev–Trinajstić information content (AvgIpc) is 2.88. The average molecular weight is 481 g/mol. The third-order valence-corrected chi connectivity index (χ3v) is 7.40. The normalized spacial score (nSPS) is 20.9. The molecule has 0 saturated carbocycles. The number of hydrogen-bond donors (Lipinski definition) is 2. The van der Waals surface area contributed by atoms with Crippen LogP contribution in [-0.4, -0.2) is 69.8 Å². The summed E-state index contributed by atoms with van der Waals surface area (Å²) in [5.74, 6) is 0.107. The minimum absolute atomic E-state index is 0.0510. The highest BCUT2D eigenvalue weighted by Crippen LogP contribution is 2.30. The van der Waals surface area contributed by atoms with Crippen LogP contribution in [0.2, 0.25) is 0 Å². The van der Waals surface area contributed by atoms with Gasteiger partial charge in [0.1, 0.15) is 5.75 Å². The molecule has 8 heteroatoms. The number of carboxylic acid groups (broad SMARTS) is 1. The zero-order valence-corrected chi connectivity index (χ0v) is 20.4. The molecule has 188 valence electrons. The third kappa shape index (κ3) is 6.66. The summed E-state index contributed by atoms with van der Waals surface area (Å²) in [4.78, 5) is 29.9. The fourth-order valence-electron chi connectivity index (χ4n) is 5.39. The molecule has 4 rings (SSSR count). The number of carbonyl (C=O) groups is 2. The Balaban J connectivity index is 1.31. The van der Waals surface area contributed by atoms with Crippen molar-refractivity contribution in [3.05, 3.63) is 54.6 Å². The zero-order chi connectivity index (χ0) is 24.6. The van der Waals surface area contributed by atoms with E-state index in [0.717, 1.165) is 56.3 Å². The number of quaternary nitrogens is 1. The standard InChI is InChI=1S/C27H36N4O4/c1-35-25-10-6-5-9-24(25)30-17-15-29(16-18-30)13-11-22-20-31(14-12-21(22)19-26(32)33)27(34)28-23-7-3-2-4-8-23/h2-10,21-22H,11-20H2,1H3,(H,28,34)(H,32,33)/t21-,22-/m0/s1. The van der Waals surface area contributed by atoms with Crippen LogP contribution in [0.3, 0.4) is 0 Å². The second kappa shape index (κ2) is 11.9. The van der Waals surface area contributed by atoms with Crippen LogP contribution in [0.4, 0.5) is 16.2 Å². The molecule has 0 spiro atoms. The van der Waals surface area contributed by atoms with E-state index in [4.69, 9.17) is 4.74 Å². The van der Waals surface area contributed by atoms with Crippen molar-refractivity contribution in [1.82, 2.24) is 4.90 Å². The molecule has 2 N–H and O–H groups in total. The number of benzene rings is 2. The molecule has 2 aromatic rings. The molecule has 0 bridgehead atoms. The van der Waals surface area contributed by atoms with Gasteiger partial charge in [-0.15, -0.1) is 0 Å². The van der Waals surface area contributed by atoms with E-state index >= 15 is 0 Å². The van der Waals surface area contributed by atoms with Crippen LogP contribution in [0.1, 0.15) is 19.3 Å². The minimum atomic E-state index is -1.00. The SMILES string of the molecule is COc1ccccc1N1CC[NH+](CC[C@H]2CN(C(=O)Nc3ccccc3)CC[C@H]2CC(=O)[O-])CC1. The number of carboxylic acids is 1. The van der Waals surface area contributed by atoms with E-state index < -0.39 is 5.97 Å². The molecule has 35 heavy (non-hydrogen) atoms. The molecular formula is C27H36N4O4. The number of likely N-dealkylation sites (tertiary alicyclic amines) is 1. The Kier molecular flexibility index (Phi) is 8.47. The van der Waals surface area contributed by atoms with Gasteiger partial charge in [-0.25, -0.2) is 4.79 Å². The van der Waals surface area contributed by atoms with Crippen LogP contribution >= 0.6 is 0 Å². The first-order chi connectivity index (χ1) is 17.0. The van der Waals surface area contributed by atoms with E-state index in [9.17, 15) is 14.7 Å². The fraction of sp³-hybridized carbons (Fsp3) is 0.481. The monoisotopic (exact) mass is 480 g/mol. The summed E-state index contributed by atoms with van der Waals surface area (Å²) >= 11 is 0. The molecule has 2 amide bonds. The van der Waals surface area contributed by atoms with E-state index in [1.54, 1.807) is 7.11 Å². The second-order valence-electron chi connectivity index (χ2n) is 9.57. The summed E-state index contributed by atoms with van der Waals surface area (Å²) in [6.45, 7) is 6.07. The first-order valence-corrected chi connectivity index (χ1v) is 12.6. The number of piperazine rings is 1. The lowest BCUT2D eigenvalue weighted by Gasteiger charge is -2.40. The summed E-state index contributed by atoms with van der Waals surface area (Å²) in [5, 5.41) is 14.3. The van der Waals surface area contributed by atoms with Gasteiger partial charge in [-0.3, -0.25) is 0 Å². The topological polar surface area (TPSA) is 89.4 Å². The van der Waals surface area contributed by atoms with Gasteiger partial charge in [-0.1, -0.05) is 30.3 Å². The molecule has 0 unspecified atom stereocenters. The highest BCUT2D eigenvalue weighted by molar-refractivity contribution is 5.89. The van der Waals surface area contributed by atoms with Crippen LogP contribution in [0, 0.1) is 11.8 Å². The number of amides is 2. The molecule has 0 aliphatic carbocycles. The highest BCUT2D eigenvalue weighted by atomic mass is 16.5. The van der Waals surface area contributed by atoms with Gasteiger partial charge in [-0.2, -0.15) is 0 Å². The van der Waals surface area contributed by atoms with Crippen LogP contribution in [0.15, 0.2) is 54.6 Å². The Hall–Kier alpha value is -3.26. The van der Waals surface area contributed by atoms with Crippen LogP contribution in [0.25, 0.3) is 0 Å². The van der Waals surface area contributed by atoms with Gasteiger partial charge in [0.25, 0.3) is 0 Å². The molecule has 2 atom stereocenters. The molecular weight excluding hydrogens is 444 g/mol. The van der Waals surface area contributed by atoms with E-state index in [1.807, 2.05) is 53.4 Å². The Morgan fingerprint density at radius 3 is 2.46 bits per heavy atom. The maximum atomic E-state index is 12.8. The van der Waals surface area contributed by atoms with Crippen molar-refractivity contribution in [2.24, 2.45) is 11.8 Å². The van der Waals surface area contributed by atoms with Gasteiger partial charge in [0, 0.05) is 31.2 Å². The van der Waals surface area contributed by atoms with Crippen molar-refractivity contribution in [2.75, 3.05) is 63.1 Å². The molecule has 0 aromatic heterocycles. The molecule has 2 aliphatic rings. The van der Waals surface area contributed by atoms with Crippen LogP contribution < -0.4 is 25.0 Å². The van der Waals surface area contributed by atoms with Crippen molar-refractivity contribution < 1.29 is 24.3 Å².